The largest absolute Gasteiger partial charge is 0.446 e. The molecule has 2 atom stereocenters. The minimum Gasteiger partial charge on any atom is -0.446 e. The van der Waals surface area contributed by atoms with Crippen LogP contribution >= 0.6 is 11.6 Å². The lowest BCUT2D eigenvalue weighted by molar-refractivity contribution is -0.130. The van der Waals surface area contributed by atoms with Crippen molar-refractivity contribution in [3.05, 3.63) is 52.1 Å². The van der Waals surface area contributed by atoms with E-state index < -0.39 is 0 Å². The highest BCUT2D eigenvalue weighted by atomic mass is 35.5. The zero-order valence-corrected chi connectivity index (χ0v) is 27.6. The number of rotatable bonds is 7. The predicted octanol–water partition coefficient (Wildman–Crippen LogP) is 4.74. The molecule has 3 amide bonds. The quantitative estimate of drug-likeness (QED) is 0.439. The number of likely N-dealkylation sites (tertiary alicyclic amines) is 3. The minimum absolute atomic E-state index is 0.0276. The van der Waals surface area contributed by atoms with Gasteiger partial charge in [0.15, 0.2) is 0 Å². The van der Waals surface area contributed by atoms with E-state index >= 15 is 0 Å². The first kappa shape index (κ1) is 32.2. The number of carbonyl (C=O) groups is 3. The van der Waals surface area contributed by atoms with Gasteiger partial charge in [0.25, 0.3) is 5.91 Å². The van der Waals surface area contributed by atoms with Crippen molar-refractivity contribution in [3.8, 4) is 0 Å². The van der Waals surface area contributed by atoms with Gasteiger partial charge < -0.3 is 19.4 Å². The van der Waals surface area contributed by atoms with Crippen molar-refractivity contribution < 1.29 is 19.1 Å². The Morgan fingerprint density at radius 3 is 2.16 bits per heavy atom. The number of hydrogen-bond donors (Lipinski definition) is 0. The summed E-state index contributed by atoms with van der Waals surface area (Å²) < 4.78 is 6.02. The number of piperidine rings is 1. The van der Waals surface area contributed by atoms with Gasteiger partial charge in [0, 0.05) is 82.8 Å². The van der Waals surface area contributed by atoms with Crippen LogP contribution in [-0.4, -0.2) is 101 Å². The van der Waals surface area contributed by atoms with Crippen molar-refractivity contribution in [2.24, 2.45) is 17.3 Å². The number of halogens is 1. The van der Waals surface area contributed by atoms with Crippen LogP contribution in [0.3, 0.4) is 0 Å². The summed E-state index contributed by atoms with van der Waals surface area (Å²) in [5, 5.41) is 0.604. The molecule has 0 aliphatic carbocycles. The van der Waals surface area contributed by atoms with E-state index in [0.717, 1.165) is 49.7 Å². The summed E-state index contributed by atoms with van der Waals surface area (Å²) in [6, 6.07) is 5.68. The second kappa shape index (κ2) is 13.0. The molecule has 5 rings (SSSR count). The van der Waals surface area contributed by atoms with Gasteiger partial charge >= 0.3 is 6.09 Å². The molecule has 0 N–H and O–H groups in total. The Kier molecular flexibility index (Phi) is 9.51. The van der Waals surface area contributed by atoms with Crippen LogP contribution < -0.4 is 4.90 Å². The Labute approximate surface area is 265 Å². The van der Waals surface area contributed by atoms with Crippen LogP contribution in [-0.2, 0) is 9.53 Å². The molecule has 4 heterocycles. The molecule has 2 aromatic rings. The van der Waals surface area contributed by atoms with Gasteiger partial charge in [-0.05, 0) is 55.7 Å². The summed E-state index contributed by atoms with van der Waals surface area (Å²) in [5.74, 6) is 0.907. The Morgan fingerprint density at radius 2 is 1.59 bits per heavy atom. The first-order chi connectivity index (χ1) is 20.8. The van der Waals surface area contributed by atoms with Crippen molar-refractivity contribution in [3.63, 3.8) is 0 Å². The maximum Gasteiger partial charge on any atom is 0.414 e. The lowest BCUT2D eigenvalue weighted by atomic mass is 9.91. The molecule has 238 valence electrons. The van der Waals surface area contributed by atoms with Gasteiger partial charge in [0.1, 0.15) is 12.4 Å². The molecule has 3 aliphatic rings. The van der Waals surface area contributed by atoms with Crippen LogP contribution in [0.4, 0.5) is 10.5 Å². The number of amides is 3. The topological polar surface area (TPSA) is 99.2 Å². The molecule has 0 radical (unpaired) electrons. The first-order valence-corrected chi connectivity index (χ1v) is 16.0. The number of benzene rings is 1. The smallest absolute Gasteiger partial charge is 0.414 e. The number of anilines is 1. The van der Waals surface area contributed by atoms with Crippen molar-refractivity contribution in [2.75, 3.05) is 57.3 Å². The third-order valence-corrected chi connectivity index (χ3v) is 9.78. The number of fused-ring (bicyclic) bond motifs is 1. The molecule has 1 aromatic carbocycles. The maximum atomic E-state index is 13.7. The summed E-state index contributed by atoms with van der Waals surface area (Å²) in [6.45, 7) is 17.3. The zero-order valence-electron chi connectivity index (χ0n) is 26.8. The second-order valence-corrected chi connectivity index (χ2v) is 14.0. The van der Waals surface area contributed by atoms with Crippen LogP contribution in [0.5, 0.6) is 0 Å². The van der Waals surface area contributed by atoms with Gasteiger partial charge in [-0.25, -0.2) is 14.8 Å². The number of aryl methyl sites for hydroxylation is 3. The highest BCUT2D eigenvalue weighted by Crippen LogP contribution is 2.35. The number of carbonyl (C=O) groups excluding carboxylic acids is 3. The Balaban J connectivity index is 1.22. The third-order valence-electron chi connectivity index (χ3n) is 9.37. The number of nitrogens with zero attached hydrogens (tertiary/aromatic N) is 6. The molecule has 10 nitrogen and oxygen atoms in total. The average molecular weight is 625 g/mol. The van der Waals surface area contributed by atoms with E-state index in [-0.39, 0.29) is 29.4 Å². The average Bonchev–Trinajstić information content (AvgIpc) is 3.52. The fourth-order valence-corrected chi connectivity index (χ4v) is 7.21. The zero-order chi connectivity index (χ0) is 31.8. The van der Waals surface area contributed by atoms with Gasteiger partial charge in [0.2, 0.25) is 5.91 Å². The third kappa shape index (κ3) is 7.18. The van der Waals surface area contributed by atoms with Gasteiger partial charge in [-0.3, -0.25) is 14.5 Å². The molecule has 3 aliphatic heterocycles. The Hall–Kier alpha value is -3.24. The standard InChI is InChI=1S/C33H45ClN6O4/c1-21-7-8-27(13-29(21)34)40(32(43)44-28-9-11-38(12-10-28)24(4)41)19-33(5,6)18-37-14-25-16-39(17-26(25)15-37)31(42)30-22(2)35-20-36-23(30)3/h7-8,13,20,25-26,28H,9-12,14-19H2,1-6H3. The highest BCUT2D eigenvalue weighted by Gasteiger charge is 2.43. The van der Waals surface area contributed by atoms with Crippen LogP contribution in [0.1, 0.15) is 60.9 Å². The van der Waals surface area contributed by atoms with Crippen LogP contribution in [0.25, 0.3) is 0 Å². The van der Waals surface area contributed by atoms with Crippen LogP contribution in [0.15, 0.2) is 24.5 Å². The fraction of sp³-hybridized carbons (Fsp3) is 0.606. The van der Waals surface area contributed by atoms with E-state index in [2.05, 4.69) is 28.7 Å². The summed E-state index contributed by atoms with van der Waals surface area (Å²) in [6.07, 6.45) is 2.14. The van der Waals surface area contributed by atoms with E-state index in [1.54, 1.807) is 16.7 Å². The summed E-state index contributed by atoms with van der Waals surface area (Å²) in [5.41, 5.74) is 3.48. The van der Waals surface area contributed by atoms with E-state index in [9.17, 15) is 14.4 Å². The molecule has 11 heteroatoms. The van der Waals surface area contributed by atoms with Crippen LogP contribution in [0, 0.1) is 38.0 Å². The van der Waals surface area contributed by atoms with Gasteiger partial charge in [-0.15, -0.1) is 0 Å². The summed E-state index contributed by atoms with van der Waals surface area (Å²) in [4.78, 5) is 55.2. The lowest BCUT2D eigenvalue weighted by Crippen LogP contribution is -2.47. The second-order valence-electron chi connectivity index (χ2n) is 13.6. The monoisotopic (exact) mass is 624 g/mol. The SMILES string of the molecule is CC(=O)N1CCC(OC(=O)N(CC(C)(C)CN2CC3CN(C(=O)c4c(C)ncnc4C)CC3C2)c2ccc(C)c(Cl)c2)CC1. The van der Waals surface area contributed by atoms with E-state index in [1.807, 2.05) is 43.9 Å². The Morgan fingerprint density at radius 1 is 0.977 bits per heavy atom. The van der Waals surface area contributed by atoms with Gasteiger partial charge in [-0.2, -0.15) is 0 Å². The van der Waals surface area contributed by atoms with Gasteiger partial charge in [-0.1, -0.05) is 31.5 Å². The first-order valence-electron chi connectivity index (χ1n) is 15.6. The van der Waals surface area contributed by atoms with Crippen molar-refractivity contribution in [1.82, 2.24) is 24.7 Å². The summed E-state index contributed by atoms with van der Waals surface area (Å²) >= 11 is 6.49. The summed E-state index contributed by atoms with van der Waals surface area (Å²) in [7, 11) is 0. The minimum atomic E-state index is -0.387. The normalized spacial score (nSPS) is 21.0. The molecule has 0 spiro atoms. The predicted molar refractivity (Wildman–Crippen MR) is 170 cm³/mol. The van der Waals surface area contributed by atoms with E-state index in [1.165, 1.54) is 6.33 Å². The van der Waals surface area contributed by atoms with E-state index in [0.29, 0.717) is 60.6 Å². The van der Waals surface area contributed by atoms with Gasteiger partial charge in [0.05, 0.1) is 17.0 Å². The molecule has 3 saturated heterocycles. The van der Waals surface area contributed by atoms with Crippen LogP contribution in [0.2, 0.25) is 5.02 Å². The molecule has 3 fully saturated rings. The molecular formula is C33H45ClN6O4. The van der Waals surface area contributed by atoms with Crippen molar-refractivity contribution in [1.29, 1.82) is 0 Å². The Bertz CT molecular complexity index is 1370. The molecule has 0 bridgehead atoms. The highest BCUT2D eigenvalue weighted by molar-refractivity contribution is 6.31. The number of ether oxygens (including phenoxy) is 1. The van der Waals surface area contributed by atoms with E-state index in [4.69, 9.17) is 16.3 Å². The molecular weight excluding hydrogens is 580 g/mol. The fourth-order valence-electron chi connectivity index (χ4n) is 7.03. The molecule has 2 unspecified atom stereocenters. The maximum absolute atomic E-state index is 13.7. The molecule has 0 saturated carbocycles. The number of hydrogen-bond acceptors (Lipinski definition) is 7. The van der Waals surface area contributed by atoms with Crippen molar-refractivity contribution in [2.45, 2.75) is 60.5 Å². The lowest BCUT2D eigenvalue weighted by Gasteiger charge is -2.37. The molecule has 44 heavy (non-hydrogen) atoms. The van der Waals surface area contributed by atoms with Crippen molar-refractivity contribution >= 4 is 35.2 Å². The number of aromatic nitrogens is 2. The molecule has 1 aromatic heterocycles.